The summed E-state index contributed by atoms with van der Waals surface area (Å²) in [6.07, 6.45) is 6.64. The van der Waals surface area contributed by atoms with Gasteiger partial charge in [-0.15, -0.1) is 0 Å². The molecule has 1 saturated carbocycles. The predicted octanol–water partition coefficient (Wildman–Crippen LogP) is 1.91. The molecule has 6 heteroatoms. The number of likely N-dealkylation sites (tertiary alicyclic amines) is 1. The number of anilines is 1. The minimum atomic E-state index is 0.163. The molecule has 26 heavy (non-hydrogen) atoms. The first-order chi connectivity index (χ1) is 12.7. The topological polar surface area (TPSA) is 72.3 Å². The van der Waals surface area contributed by atoms with Crippen LogP contribution < -0.4 is 10.2 Å². The number of amides is 1. The van der Waals surface area contributed by atoms with Gasteiger partial charge in [-0.25, -0.2) is 4.98 Å². The normalized spacial score (nSPS) is 24.9. The fourth-order valence-corrected chi connectivity index (χ4v) is 4.22. The van der Waals surface area contributed by atoms with Crippen LogP contribution in [0, 0.1) is 17.2 Å². The van der Waals surface area contributed by atoms with Crippen LogP contribution in [0.5, 0.6) is 0 Å². The summed E-state index contributed by atoms with van der Waals surface area (Å²) in [6, 6.07) is 8.77. The zero-order valence-corrected chi connectivity index (χ0v) is 15.2. The molecule has 1 atom stereocenters. The third-order valence-electron chi connectivity index (χ3n) is 5.90. The third kappa shape index (κ3) is 3.99. The average Bonchev–Trinajstić information content (AvgIpc) is 3.52. The third-order valence-corrected chi connectivity index (χ3v) is 5.90. The number of rotatable bonds is 4. The summed E-state index contributed by atoms with van der Waals surface area (Å²) in [4.78, 5) is 21.6. The van der Waals surface area contributed by atoms with E-state index in [0.29, 0.717) is 17.8 Å². The van der Waals surface area contributed by atoms with Crippen LogP contribution in [0.15, 0.2) is 18.2 Å². The van der Waals surface area contributed by atoms with Crippen LogP contribution in [0.2, 0.25) is 0 Å². The highest BCUT2D eigenvalue weighted by Gasteiger charge is 2.33. The predicted molar refractivity (Wildman–Crippen MR) is 99.6 cm³/mol. The molecular weight excluding hydrogens is 326 g/mol. The highest BCUT2D eigenvalue weighted by molar-refractivity contribution is 5.79. The molecule has 4 rings (SSSR count). The van der Waals surface area contributed by atoms with E-state index in [1.165, 1.54) is 0 Å². The SMILES string of the molecule is N#Cc1cccc(N2CCC(N3CCC[C@@H](C(=O)NC4CC4)C3)CC2)n1. The number of carbonyl (C=O) groups excluding carboxylic acids is 1. The molecule has 138 valence electrons. The Balaban J connectivity index is 1.31. The highest BCUT2D eigenvalue weighted by atomic mass is 16.2. The molecule has 3 heterocycles. The van der Waals surface area contributed by atoms with E-state index in [1.54, 1.807) is 6.07 Å². The van der Waals surface area contributed by atoms with Crippen molar-refractivity contribution in [2.24, 2.45) is 5.92 Å². The van der Waals surface area contributed by atoms with Gasteiger partial charge >= 0.3 is 0 Å². The van der Waals surface area contributed by atoms with Gasteiger partial charge in [-0.05, 0) is 57.2 Å². The number of carbonyl (C=O) groups is 1. The van der Waals surface area contributed by atoms with Crippen LogP contribution in [0.1, 0.15) is 44.2 Å². The molecule has 2 aliphatic heterocycles. The Labute approximate surface area is 155 Å². The van der Waals surface area contributed by atoms with E-state index in [2.05, 4.69) is 26.2 Å². The van der Waals surface area contributed by atoms with Gasteiger partial charge < -0.3 is 10.2 Å². The van der Waals surface area contributed by atoms with Crippen molar-refractivity contribution in [2.45, 2.75) is 50.6 Å². The van der Waals surface area contributed by atoms with Crippen LogP contribution >= 0.6 is 0 Å². The zero-order chi connectivity index (χ0) is 17.9. The highest BCUT2D eigenvalue weighted by Crippen LogP contribution is 2.27. The minimum absolute atomic E-state index is 0.163. The Kier molecular flexibility index (Phi) is 5.07. The second-order valence-corrected chi connectivity index (χ2v) is 7.83. The van der Waals surface area contributed by atoms with E-state index in [9.17, 15) is 4.79 Å². The zero-order valence-electron chi connectivity index (χ0n) is 15.2. The van der Waals surface area contributed by atoms with Gasteiger partial charge in [0, 0.05) is 31.7 Å². The fourth-order valence-electron chi connectivity index (χ4n) is 4.22. The molecule has 1 aromatic heterocycles. The maximum absolute atomic E-state index is 12.4. The molecule has 1 aliphatic carbocycles. The van der Waals surface area contributed by atoms with Crippen molar-refractivity contribution in [1.29, 1.82) is 5.26 Å². The lowest BCUT2D eigenvalue weighted by Crippen LogP contribution is -2.51. The van der Waals surface area contributed by atoms with E-state index >= 15 is 0 Å². The first kappa shape index (κ1) is 17.3. The first-order valence-electron chi connectivity index (χ1n) is 9.89. The second kappa shape index (κ2) is 7.63. The lowest BCUT2D eigenvalue weighted by molar-refractivity contribution is -0.127. The molecule has 3 aliphatic rings. The Morgan fingerprint density at radius 2 is 1.96 bits per heavy atom. The summed E-state index contributed by atoms with van der Waals surface area (Å²) < 4.78 is 0. The van der Waals surface area contributed by atoms with E-state index < -0.39 is 0 Å². The molecule has 0 aromatic carbocycles. The minimum Gasteiger partial charge on any atom is -0.356 e. The summed E-state index contributed by atoms with van der Waals surface area (Å²) in [5.41, 5.74) is 0.477. The van der Waals surface area contributed by atoms with Gasteiger partial charge in [-0.3, -0.25) is 9.69 Å². The number of aromatic nitrogens is 1. The van der Waals surface area contributed by atoms with Gasteiger partial charge in [0.2, 0.25) is 5.91 Å². The van der Waals surface area contributed by atoms with E-state index in [0.717, 1.165) is 70.5 Å². The van der Waals surface area contributed by atoms with Gasteiger partial charge in [-0.2, -0.15) is 5.26 Å². The first-order valence-corrected chi connectivity index (χ1v) is 9.89. The van der Waals surface area contributed by atoms with Crippen LogP contribution in [-0.2, 0) is 4.79 Å². The molecule has 0 spiro atoms. The molecule has 3 fully saturated rings. The van der Waals surface area contributed by atoms with Crippen LogP contribution in [-0.4, -0.2) is 54.1 Å². The number of nitrogens with one attached hydrogen (secondary N) is 1. The Bertz CT molecular complexity index is 688. The summed E-state index contributed by atoms with van der Waals surface area (Å²) in [6.45, 7) is 3.94. The number of hydrogen-bond acceptors (Lipinski definition) is 5. The van der Waals surface area contributed by atoms with Crippen molar-refractivity contribution in [3.05, 3.63) is 23.9 Å². The summed E-state index contributed by atoms with van der Waals surface area (Å²) in [5, 5.41) is 12.2. The molecule has 6 nitrogen and oxygen atoms in total. The maximum atomic E-state index is 12.4. The van der Waals surface area contributed by atoms with Crippen LogP contribution in [0.3, 0.4) is 0 Å². The van der Waals surface area contributed by atoms with Crippen molar-refractivity contribution in [3.63, 3.8) is 0 Å². The van der Waals surface area contributed by atoms with Crippen molar-refractivity contribution in [3.8, 4) is 6.07 Å². The molecule has 0 bridgehead atoms. The van der Waals surface area contributed by atoms with Gasteiger partial charge in [-0.1, -0.05) is 6.07 Å². The largest absolute Gasteiger partial charge is 0.356 e. The fraction of sp³-hybridized carbons (Fsp3) is 0.650. The van der Waals surface area contributed by atoms with Gasteiger partial charge in [0.25, 0.3) is 0 Å². The van der Waals surface area contributed by atoms with Gasteiger partial charge in [0.1, 0.15) is 17.6 Å². The number of pyridine rings is 1. The van der Waals surface area contributed by atoms with Crippen molar-refractivity contribution in [2.75, 3.05) is 31.1 Å². The molecule has 0 unspecified atom stereocenters. The van der Waals surface area contributed by atoms with Crippen molar-refractivity contribution in [1.82, 2.24) is 15.2 Å². The number of nitriles is 1. The standard InChI is InChI=1S/C20H27N5O/c21-13-17-4-1-5-19(22-17)24-11-8-18(9-12-24)25-10-2-3-15(14-25)20(26)23-16-6-7-16/h1,4-5,15-16,18H,2-3,6-12,14H2,(H,23,26)/t15-/m1/s1. The summed E-state index contributed by atoms with van der Waals surface area (Å²) >= 11 is 0. The molecule has 1 N–H and O–H groups in total. The van der Waals surface area contributed by atoms with Gasteiger partial charge in [0.15, 0.2) is 0 Å². The molecule has 1 aromatic rings. The van der Waals surface area contributed by atoms with Crippen molar-refractivity contribution < 1.29 is 4.79 Å². The van der Waals surface area contributed by atoms with E-state index in [-0.39, 0.29) is 11.8 Å². The molecule has 1 amide bonds. The lowest BCUT2D eigenvalue weighted by atomic mass is 9.93. The molecule has 2 saturated heterocycles. The number of piperidine rings is 2. The lowest BCUT2D eigenvalue weighted by Gasteiger charge is -2.42. The van der Waals surface area contributed by atoms with Gasteiger partial charge in [0.05, 0.1) is 5.92 Å². The Morgan fingerprint density at radius 3 is 2.69 bits per heavy atom. The number of hydrogen-bond donors (Lipinski definition) is 1. The van der Waals surface area contributed by atoms with Crippen LogP contribution in [0.25, 0.3) is 0 Å². The molecule has 0 radical (unpaired) electrons. The number of nitrogens with zero attached hydrogens (tertiary/aromatic N) is 4. The summed E-state index contributed by atoms with van der Waals surface area (Å²) in [7, 11) is 0. The summed E-state index contributed by atoms with van der Waals surface area (Å²) in [5.74, 6) is 1.34. The smallest absolute Gasteiger partial charge is 0.224 e. The van der Waals surface area contributed by atoms with E-state index in [1.807, 2.05) is 12.1 Å². The monoisotopic (exact) mass is 353 g/mol. The Morgan fingerprint density at radius 1 is 1.15 bits per heavy atom. The average molecular weight is 353 g/mol. The molecular formula is C20H27N5O. The van der Waals surface area contributed by atoms with Crippen molar-refractivity contribution >= 4 is 11.7 Å². The maximum Gasteiger partial charge on any atom is 0.224 e. The quantitative estimate of drug-likeness (QED) is 0.895. The van der Waals surface area contributed by atoms with E-state index in [4.69, 9.17) is 5.26 Å². The Hall–Kier alpha value is -2.13. The van der Waals surface area contributed by atoms with Crippen LogP contribution in [0.4, 0.5) is 5.82 Å². The second-order valence-electron chi connectivity index (χ2n) is 7.83.